The van der Waals surface area contributed by atoms with Gasteiger partial charge in [-0.1, -0.05) is 17.7 Å². The average Bonchev–Trinajstić information content (AvgIpc) is 2.85. The molecule has 1 heterocycles. The zero-order valence-corrected chi connectivity index (χ0v) is 13.7. The van der Waals surface area contributed by atoms with Crippen LogP contribution in [0.15, 0.2) is 36.7 Å². The van der Waals surface area contributed by atoms with Crippen LogP contribution >= 0.6 is 11.6 Å². The van der Waals surface area contributed by atoms with E-state index >= 15 is 0 Å². The fourth-order valence-corrected chi connectivity index (χ4v) is 3.18. The minimum absolute atomic E-state index is 0.110. The van der Waals surface area contributed by atoms with E-state index in [0.29, 0.717) is 10.6 Å². The molecule has 0 aliphatic carbocycles. The Balaban J connectivity index is 2.09. The molecular weight excluding hydrogens is 326 g/mol. The molecule has 22 heavy (non-hydrogen) atoms. The molecule has 1 aromatic carbocycles. The van der Waals surface area contributed by atoms with Crippen LogP contribution in [0.1, 0.15) is 17.3 Å². The lowest BCUT2D eigenvalue weighted by atomic mass is 10.3. The van der Waals surface area contributed by atoms with Gasteiger partial charge in [0.2, 0.25) is 0 Å². The van der Waals surface area contributed by atoms with E-state index in [9.17, 15) is 13.2 Å². The number of carbonyl (C=O) groups is 1. The maximum Gasteiger partial charge on any atom is 0.254 e. The average molecular weight is 342 g/mol. The third-order valence-corrected chi connectivity index (χ3v) is 4.19. The van der Waals surface area contributed by atoms with Gasteiger partial charge in [-0.3, -0.25) is 4.79 Å². The third kappa shape index (κ3) is 4.57. The quantitative estimate of drug-likeness (QED) is 0.897. The summed E-state index contributed by atoms with van der Waals surface area (Å²) in [7, 11) is -3.14. The molecule has 1 aromatic heterocycles. The van der Waals surface area contributed by atoms with E-state index in [2.05, 4.69) is 10.4 Å². The summed E-state index contributed by atoms with van der Waals surface area (Å²) in [6.45, 7) is 1.64. The Kier molecular flexibility index (Phi) is 4.87. The van der Waals surface area contributed by atoms with E-state index in [4.69, 9.17) is 11.6 Å². The number of rotatable bonds is 5. The number of benzene rings is 1. The molecule has 0 aliphatic heterocycles. The van der Waals surface area contributed by atoms with Gasteiger partial charge in [-0.15, -0.1) is 0 Å². The zero-order valence-electron chi connectivity index (χ0n) is 12.2. The van der Waals surface area contributed by atoms with Crippen molar-refractivity contribution in [2.75, 3.05) is 12.0 Å². The van der Waals surface area contributed by atoms with Crippen molar-refractivity contribution in [2.24, 2.45) is 0 Å². The summed E-state index contributed by atoms with van der Waals surface area (Å²) in [6.07, 6.45) is 4.12. The largest absolute Gasteiger partial charge is 0.348 e. The second-order valence-electron chi connectivity index (χ2n) is 5.12. The van der Waals surface area contributed by atoms with Gasteiger partial charge in [-0.05, 0) is 25.1 Å². The molecule has 2 aromatic rings. The fraction of sp³-hybridized carbons (Fsp3) is 0.286. The van der Waals surface area contributed by atoms with Crippen molar-refractivity contribution >= 4 is 27.3 Å². The number of nitrogens with zero attached hydrogens (tertiary/aromatic N) is 2. The van der Waals surface area contributed by atoms with Gasteiger partial charge in [0.15, 0.2) is 0 Å². The lowest BCUT2D eigenvalue weighted by Gasteiger charge is -2.11. The predicted molar refractivity (Wildman–Crippen MR) is 85.2 cm³/mol. The van der Waals surface area contributed by atoms with Crippen molar-refractivity contribution in [3.63, 3.8) is 0 Å². The highest BCUT2D eigenvalue weighted by molar-refractivity contribution is 7.90. The molecule has 0 spiro atoms. The molecule has 0 saturated heterocycles. The van der Waals surface area contributed by atoms with Gasteiger partial charge in [0.1, 0.15) is 9.84 Å². The molecule has 6 nitrogen and oxygen atoms in total. The molecule has 0 unspecified atom stereocenters. The predicted octanol–water partition coefficient (Wildman–Crippen LogP) is 1.69. The monoisotopic (exact) mass is 341 g/mol. The van der Waals surface area contributed by atoms with Gasteiger partial charge < -0.3 is 5.32 Å². The summed E-state index contributed by atoms with van der Waals surface area (Å²) in [4.78, 5) is 12.1. The fourth-order valence-electron chi connectivity index (χ4n) is 2.00. The van der Waals surface area contributed by atoms with Crippen molar-refractivity contribution in [3.8, 4) is 5.69 Å². The van der Waals surface area contributed by atoms with Crippen LogP contribution in [0.25, 0.3) is 5.69 Å². The van der Waals surface area contributed by atoms with Gasteiger partial charge in [0, 0.05) is 23.5 Å². The Labute approximate surface area is 134 Å². The Morgan fingerprint density at radius 2 is 2.18 bits per heavy atom. The highest BCUT2D eigenvalue weighted by Crippen LogP contribution is 2.14. The van der Waals surface area contributed by atoms with Crippen LogP contribution in [0.5, 0.6) is 0 Å². The number of nitrogens with one attached hydrogen (secondary N) is 1. The molecule has 2 rings (SSSR count). The van der Waals surface area contributed by atoms with E-state index < -0.39 is 15.9 Å². The summed E-state index contributed by atoms with van der Waals surface area (Å²) in [5.41, 5.74) is 1.08. The van der Waals surface area contributed by atoms with Gasteiger partial charge in [0.25, 0.3) is 5.91 Å². The van der Waals surface area contributed by atoms with Gasteiger partial charge in [0.05, 0.1) is 23.2 Å². The summed E-state index contributed by atoms with van der Waals surface area (Å²) in [5.74, 6) is -0.481. The second kappa shape index (κ2) is 6.50. The number of amides is 1. The normalized spacial score (nSPS) is 12.9. The number of halogens is 1. The van der Waals surface area contributed by atoms with E-state index in [1.54, 1.807) is 31.3 Å². The van der Waals surface area contributed by atoms with Crippen LogP contribution < -0.4 is 5.32 Å². The molecule has 8 heteroatoms. The first-order chi connectivity index (χ1) is 10.2. The molecule has 1 amide bonds. The van der Waals surface area contributed by atoms with Crippen LogP contribution in [-0.2, 0) is 9.84 Å². The van der Waals surface area contributed by atoms with Gasteiger partial charge in [-0.2, -0.15) is 5.10 Å². The number of hydrogen-bond acceptors (Lipinski definition) is 4. The van der Waals surface area contributed by atoms with Crippen LogP contribution in [-0.4, -0.2) is 42.2 Å². The van der Waals surface area contributed by atoms with Crippen molar-refractivity contribution in [3.05, 3.63) is 47.2 Å². The van der Waals surface area contributed by atoms with Crippen LogP contribution in [0.4, 0.5) is 0 Å². The molecule has 0 fully saturated rings. The first-order valence-electron chi connectivity index (χ1n) is 6.54. The summed E-state index contributed by atoms with van der Waals surface area (Å²) >= 11 is 5.92. The first-order valence-corrected chi connectivity index (χ1v) is 8.97. The molecule has 0 bridgehead atoms. The van der Waals surface area contributed by atoms with Crippen molar-refractivity contribution < 1.29 is 13.2 Å². The maximum atomic E-state index is 12.1. The number of carbonyl (C=O) groups excluding carboxylic acids is 1. The molecular formula is C14H16ClN3O3S. The SMILES string of the molecule is C[C@H](CS(C)(=O)=O)NC(=O)c1cnn(-c2cccc(Cl)c2)c1. The van der Waals surface area contributed by atoms with E-state index in [-0.39, 0.29) is 11.7 Å². The van der Waals surface area contributed by atoms with Gasteiger partial charge >= 0.3 is 0 Å². The van der Waals surface area contributed by atoms with Crippen LogP contribution in [0.3, 0.4) is 0 Å². The second-order valence-corrected chi connectivity index (χ2v) is 7.74. The minimum atomic E-state index is -3.14. The topological polar surface area (TPSA) is 81.1 Å². The molecule has 0 saturated carbocycles. The van der Waals surface area contributed by atoms with Crippen molar-refractivity contribution in [1.82, 2.24) is 15.1 Å². The van der Waals surface area contributed by atoms with Crippen molar-refractivity contribution in [1.29, 1.82) is 0 Å². The highest BCUT2D eigenvalue weighted by atomic mass is 35.5. The van der Waals surface area contributed by atoms with Crippen LogP contribution in [0, 0.1) is 0 Å². The molecule has 0 aliphatic rings. The van der Waals surface area contributed by atoms with E-state index in [0.717, 1.165) is 11.9 Å². The maximum absolute atomic E-state index is 12.1. The van der Waals surface area contributed by atoms with Crippen molar-refractivity contribution in [2.45, 2.75) is 13.0 Å². The first kappa shape index (κ1) is 16.5. The number of hydrogen-bond donors (Lipinski definition) is 1. The van der Waals surface area contributed by atoms with Gasteiger partial charge in [-0.25, -0.2) is 13.1 Å². The highest BCUT2D eigenvalue weighted by Gasteiger charge is 2.15. The Hall–Kier alpha value is -1.86. The Morgan fingerprint density at radius 1 is 1.45 bits per heavy atom. The minimum Gasteiger partial charge on any atom is -0.348 e. The van der Waals surface area contributed by atoms with E-state index in [1.807, 2.05) is 6.07 Å². The Morgan fingerprint density at radius 3 is 2.82 bits per heavy atom. The molecule has 118 valence electrons. The smallest absolute Gasteiger partial charge is 0.254 e. The molecule has 1 atom stereocenters. The standard InChI is InChI=1S/C14H16ClN3O3S/c1-10(9-22(2,20)21)17-14(19)11-7-16-18(8-11)13-5-3-4-12(15)6-13/h3-8,10H,9H2,1-2H3,(H,17,19)/t10-/m1/s1. The zero-order chi connectivity index (χ0) is 16.3. The summed E-state index contributed by atoms with van der Waals surface area (Å²) in [6, 6.07) is 6.59. The lowest BCUT2D eigenvalue weighted by Crippen LogP contribution is -2.37. The number of aromatic nitrogens is 2. The number of sulfone groups is 1. The van der Waals surface area contributed by atoms with E-state index in [1.165, 1.54) is 10.9 Å². The summed E-state index contributed by atoms with van der Waals surface area (Å²) in [5, 5.41) is 7.31. The van der Waals surface area contributed by atoms with Crippen LogP contribution in [0.2, 0.25) is 5.02 Å². The lowest BCUT2D eigenvalue weighted by molar-refractivity contribution is 0.0943. The molecule has 1 N–H and O–H groups in total. The summed E-state index contributed by atoms with van der Waals surface area (Å²) < 4.78 is 23.9. The molecule has 0 radical (unpaired) electrons. The Bertz CT molecular complexity index is 786. The third-order valence-electron chi connectivity index (χ3n) is 2.85.